The Morgan fingerprint density at radius 3 is 1.72 bits per heavy atom. The van der Waals surface area contributed by atoms with E-state index in [0.29, 0.717) is 0 Å². The van der Waals surface area contributed by atoms with Gasteiger partial charge >= 0.3 is 0 Å². The van der Waals surface area contributed by atoms with E-state index in [-0.39, 0.29) is 0 Å². The van der Waals surface area contributed by atoms with Gasteiger partial charge in [-0.1, -0.05) is 139 Å². The number of hydrogen-bond donors (Lipinski definition) is 0. The summed E-state index contributed by atoms with van der Waals surface area (Å²) in [6.45, 7) is 0. The van der Waals surface area contributed by atoms with Gasteiger partial charge in [0.05, 0.1) is 11.4 Å². The summed E-state index contributed by atoms with van der Waals surface area (Å²) >= 11 is 3.29. The zero-order valence-corrected chi connectivity index (χ0v) is 30.0. The van der Waals surface area contributed by atoms with Crippen LogP contribution in [0, 0.1) is 0 Å². The maximum absolute atomic E-state index is 5.31. The number of hydrogen-bond acceptors (Lipinski definition) is 5. The molecule has 2 heterocycles. The lowest BCUT2D eigenvalue weighted by molar-refractivity contribution is 1.16. The zero-order chi connectivity index (χ0) is 34.9. The van der Waals surface area contributed by atoms with Crippen molar-refractivity contribution in [3.63, 3.8) is 0 Å². The van der Waals surface area contributed by atoms with E-state index in [1.54, 1.807) is 0 Å². The predicted molar refractivity (Wildman–Crippen MR) is 225 cm³/mol. The third kappa shape index (κ3) is 4.96. The van der Waals surface area contributed by atoms with E-state index in [1.165, 1.54) is 81.2 Å². The molecule has 5 heteroatoms. The maximum atomic E-state index is 5.31. The lowest BCUT2D eigenvalue weighted by atomic mass is 9.88. The van der Waals surface area contributed by atoms with E-state index in [0.717, 1.165) is 33.3 Å². The number of aromatic nitrogens is 2. The summed E-state index contributed by atoms with van der Waals surface area (Å²) in [7, 11) is 0. The number of anilines is 3. The van der Waals surface area contributed by atoms with Crippen molar-refractivity contribution in [2.75, 3.05) is 4.90 Å². The first-order chi connectivity index (χ1) is 26.3. The topological polar surface area (TPSA) is 29.0 Å². The highest BCUT2D eigenvalue weighted by molar-refractivity contribution is 7.99. The number of nitrogens with zero attached hydrogens (tertiary/aromatic N) is 3. The molecule has 0 saturated heterocycles. The highest BCUT2D eigenvalue weighted by Gasteiger charge is 2.26. The molecular formula is C48H29N3S2. The molecule has 1 aliphatic heterocycles. The van der Waals surface area contributed by atoms with Crippen LogP contribution in [0.3, 0.4) is 0 Å². The normalized spacial score (nSPS) is 12.4. The fourth-order valence-corrected chi connectivity index (χ4v) is 9.74. The van der Waals surface area contributed by atoms with Crippen molar-refractivity contribution in [3.05, 3.63) is 176 Å². The highest BCUT2D eigenvalue weighted by Crippen LogP contribution is 2.53. The Hall–Kier alpha value is -6.27. The number of para-hydroxylation sites is 1. The van der Waals surface area contributed by atoms with E-state index in [2.05, 4.69) is 181 Å². The highest BCUT2D eigenvalue weighted by atomic mass is 32.2. The van der Waals surface area contributed by atoms with Crippen LogP contribution in [0.5, 0.6) is 0 Å². The Morgan fingerprint density at radius 1 is 0.415 bits per heavy atom. The molecule has 3 nitrogen and oxygen atoms in total. The van der Waals surface area contributed by atoms with Crippen molar-refractivity contribution in [2.24, 2.45) is 0 Å². The monoisotopic (exact) mass is 711 g/mol. The molecule has 0 spiro atoms. The average molecular weight is 712 g/mol. The molecule has 248 valence electrons. The van der Waals surface area contributed by atoms with E-state index < -0.39 is 0 Å². The minimum absolute atomic E-state index is 0.738. The molecule has 0 fully saturated rings. The largest absolute Gasteiger partial charge is 0.308 e. The van der Waals surface area contributed by atoms with Gasteiger partial charge in [-0.3, -0.25) is 0 Å². The minimum Gasteiger partial charge on any atom is -0.308 e. The van der Waals surface area contributed by atoms with E-state index >= 15 is 0 Å². The fourth-order valence-electron chi connectivity index (χ4n) is 7.94. The van der Waals surface area contributed by atoms with Crippen molar-refractivity contribution in [1.82, 2.24) is 9.36 Å². The molecule has 53 heavy (non-hydrogen) atoms. The number of benzene rings is 9. The van der Waals surface area contributed by atoms with Crippen LogP contribution >= 0.6 is 23.3 Å². The van der Waals surface area contributed by atoms with Crippen molar-refractivity contribution in [1.29, 1.82) is 0 Å². The Bertz CT molecular complexity index is 3020. The zero-order valence-electron chi connectivity index (χ0n) is 28.4. The van der Waals surface area contributed by atoms with Crippen LogP contribution in [0.25, 0.3) is 76.2 Å². The number of rotatable bonds is 4. The lowest BCUT2D eigenvalue weighted by Crippen LogP contribution is -2.14. The molecule has 9 aromatic carbocycles. The lowest BCUT2D eigenvalue weighted by Gasteiger charge is -2.33. The van der Waals surface area contributed by atoms with Crippen LogP contribution in [0.2, 0.25) is 0 Å². The molecule has 11 rings (SSSR count). The fraction of sp³-hybridized carbons (Fsp3) is 0. The summed E-state index contributed by atoms with van der Waals surface area (Å²) in [5, 5.41) is 10.6. The summed E-state index contributed by atoms with van der Waals surface area (Å²) in [4.78, 5) is 10.1. The first kappa shape index (κ1) is 30.4. The standard InChI is InChI=1S/C48H29N3S2/c1-3-13-32-27-34(22-21-30(32)11-1)45-37-15-5-7-17-39(37)46(40-18-8-6-16-38(40)45)48-49-47(50-53-48)35-24-26-44-42(29-35)51(41-19-9-10-20-43(41)52-44)36-25-23-31-12-2-4-14-33(31)28-36/h1-29H. The molecule has 0 N–H and O–H groups in total. The van der Waals surface area contributed by atoms with Gasteiger partial charge in [-0.2, -0.15) is 4.37 Å². The van der Waals surface area contributed by atoms with Gasteiger partial charge in [0, 0.05) is 26.6 Å². The van der Waals surface area contributed by atoms with Crippen LogP contribution < -0.4 is 4.90 Å². The average Bonchev–Trinajstić information content (AvgIpc) is 3.71. The Kier molecular flexibility index (Phi) is 6.97. The second kappa shape index (κ2) is 12.2. The first-order valence-corrected chi connectivity index (χ1v) is 19.3. The molecule has 0 bridgehead atoms. The van der Waals surface area contributed by atoms with Gasteiger partial charge in [-0.05, 0) is 114 Å². The Morgan fingerprint density at radius 2 is 0.981 bits per heavy atom. The molecule has 0 saturated carbocycles. The second-order valence-electron chi connectivity index (χ2n) is 13.4. The van der Waals surface area contributed by atoms with Crippen LogP contribution in [-0.2, 0) is 0 Å². The third-order valence-corrected chi connectivity index (χ3v) is 12.2. The Balaban J connectivity index is 1.06. The third-order valence-electron chi connectivity index (χ3n) is 10.4. The molecule has 0 atom stereocenters. The van der Waals surface area contributed by atoms with E-state index in [4.69, 9.17) is 9.36 Å². The van der Waals surface area contributed by atoms with Gasteiger partial charge in [0.1, 0.15) is 5.01 Å². The number of fused-ring (bicyclic) bond motifs is 6. The van der Waals surface area contributed by atoms with Crippen molar-refractivity contribution < 1.29 is 0 Å². The van der Waals surface area contributed by atoms with E-state index in [9.17, 15) is 0 Å². The van der Waals surface area contributed by atoms with Crippen molar-refractivity contribution in [3.8, 4) is 33.1 Å². The molecule has 10 aromatic rings. The second-order valence-corrected chi connectivity index (χ2v) is 15.3. The predicted octanol–water partition coefficient (Wildman–Crippen LogP) is 14.1. The molecule has 1 aliphatic rings. The van der Waals surface area contributed by atoms with Gasteiger partial charge in [0.25, 0.3) is 0 Å². The van der Waals surface area contributed by atoms with Gasteiger partial charge in [-0.25, -0.2) is 4.98 Å². The smallest absolute Gasteiger partial charge is 0.173 e. The Labute approximate surface area is 315 Å². The minimum atomic E-state index is 0.738. The first-order valence-electron chi connectivity index (χ1n) is 17.7. The maximum Gasteiger partial charge on any atom is 0.173 e. The van der Waals surface area contributed by atoms with Crippen molar-refractivity contribution >= 4 is 83.4 Å². The van der Waals surface area contributed by atoms with Gasteiger partial charge in [-0.15, -0.1) is 0 Å². The summed E-state index contributed by atoms with van der Waals surface area (Å²) in [5.41, 5.74) is 8.03. The summed E-state index contributed by atoms with van der Waals surface area (Å²) in [6.07, 6.45) is 0. The van der Waals surface area contributed by atoms with Gasteiger partial charge < -0.3 is 4.90 Å². The summed E-state index contributed by atoms with van der Waals surface area (Å²) < 4.78 is 5.03. The van der Waals surface area contributed by atoms with Crippen LogP contribution in [0.15, 0.2) is 186 Å². The van der Waals surface area contributed by atoms with Crippen molar-refractivity contribution in [2.45, 2.75) is 9.79 Å². The van der Waals surface area contributed by atoms with Crippen LogP contribution in [0.1, 0.15) is 0 Å². The van der Waals surface area contributed by atoms with Gasteiger partial charge in [0.2, 0.25) is 0 Å². The van der Waals surface area contributed by atoms with Gasteiger partial charge in [0.15, 0.2) is 5.82 Å². The quantitative estimate of drug-likeness (QED) is 0.170. The van der Waals surface area contributed by atoms with E-state index in [1.807, 2.05) is 11.8 Å². The van der Waals surface area contributed by atoms with Crippen LogP contribution in [-0.4, -0.2) is 9.36 Å². The summed E-state index contributed by atoms with van der Waals surface area (Å²) in [5.74, 6) is 0.738. The molecule has 1 aromatic heterocycles. The molecule has 0 unspecified atom stereocenters. The molecule has 0 aliphatic carbocycles. The molecule has 0 radical (unpaired) electrons. The summed E-state index contributed by atoms with van der Waals surface area (Å²) in [6, 6.07) is 63.5. The molecular weight excluding hydrogens is 683 g/mol. The van der Waals surface area contributed by atoms with Crippen LogP contribution in [0.4, 0.5) is 17.1 Å². The SMILES string of the molecule is c1ccc2c(c1)Sc1ccc(-c3nsc(-c4c5ccccc5c(-c5ccc6ccccc6c5)c5ccccc45)n3)cc1N2c1ccc2ccccc2c1. The molecule has 0 amide bonds.